The maximum atomic E-state index is 12.7. The van der Waals surface area contributed by atoms with Crippen molar-refractivity contribution in [3.63, 3.8) is 0 Å². The lowest BCUT2D eigenvalue weighted by Gasteiger charge is -2.19. The first kappa shape index (κ1) is 26.2. The summed E-state index contributed by atoms with van der Waals surface area (Å²) in [5.74, 6) is -0.923. The summed E-state index contributed by atoms with van der Waals surface area (Å²) >= 11 is 2.18. The quantitative estimate of drug-likeness (QED) is 0.325. The van der Waals surface area contributed by atoms with Crippen molar-refractivity contribution in [3.05, 3.63) is 87.5 Å². The van der Waals surface area contributed by atoms with Crippen LogP contribution < -0.4 is 20.7 Å². The van der Waals surface area contributed by atoms with Crippen LogP contribution in [0.2, 0.25) is 0 Å². The second-order valence-corrected chi connectivity index (χ2v) is 10.1. The van der Waals surface area contributed by atoms with Crippen LogP contribution in [0, 0.1) is 3.57 Å². The molecule has 0 unspecified atom stereocenters. The predicted octanol–water partition coefficient (Wildman–Crippen LogP) is 4.97. The van der Waals surface area contributed by atoms with Gasteiger partial charge >= 0.3 is 0 Å². The summed E-state index contributed by atoms with van der Waals surface area (Å²) < 4.78 is 6.64. The molecule has 0 atom stereocenters. The standard InChI is InChI=1S/C27H28IN3O4/c1-27(2,3)18-8-12-20(13-9-18)30-24(32)16-29-26(34)22-6-4-5-7-23(22)35-17-25(33)31-21-14-10-19(28)11-15-21/h4-15H,16-17H2,1-3H3,(H,29,34)(H,30,32)(H,31,33). The van der Waals surface area contributed by atoms with Gasteiger partial charge in [-0.2, -0.15) is 0 Å². The van der Waals surface area contributed by atoms with E-state index in [4.69, 9.17) is 4.74 Å². The number of carbonyl (C=O) groups excluding carboxylic acids is 3. The molecule has 3 amide bonds. The maximum Gasteiger partial charge on any atom is 0.262 e. The zero-order valence-corrected chi connectivity index (χ0v) is 22.0. The molecule has 0 radical (unpaired) electrons. The number of benzene rings is 3. The molecule has 3 rings (SSSR count). The zero-order valence-electron chi connectivity index (χ0n) is 19.9. The number of rotatable bonds is 8. The van der Waals surface area contributed by atoms with Crippen molar-refractivity contribution in [1.82, 2.24) is 5.32 Å². The third-order valence-corrected chi connectivity index (χ3v) is 5.78. The van der Waals surface area contributed by atoms with Crippen molar-refractivity contribution in [2.45, 2.75) is 26.2 Å². The number of anilines is 2. The molecule has 8 heteroatoms. The van der Waals surface area contributed by atoms with Crippen LogP contribution in [0.3, 0.4) is 0 Å². The Labute approximate surface area is 218 Å². The lowest BCUT2D eigenvalue weighted by molar-refractivity contribution is -0.118. The van der Waals surface area contributed by atoms with E-state index in [1.54, 1.807) is 36.4 Å². The van der Waals surface area contributed by atoms with Crippen molar-refractivity contribution in [1.29, 1.82) is 0 Å². The Kier molecular flexibility index (Phi) is 8.86. The average molecular weight is 585 g/mol. The highest BCUT2D eigenvalue weighted by Gasteiger charge is 2.16. The van der Waals surface area contributed by atoms with Crippen LogP contribution in [0.15, 0.2) is 72.8 Å². The monoisotopic (exact) mass is 585 g/mol. The third-order valence-electron chi connectivity index (χ3n) is 5.06. The Bertz CT molecular complexity index is 1190. The lowest BCUT2D eigenvalue weighted by Crippen LogP contribution is -2.33. The average Bonchev–Trinajstić information content (AvgIpc) is 2.82. The van der Waals surface area contributed by atoms with Gasteiger partial charge in [0.1, 0.15) is 5.75 Å². The van der Waals surface area contributed by atoms with Gasteiger partial charge in [0, 0.05) is 14.9 Å². The predicted molar refractivity (Wildman–Crippen MR) is 146 cm³/mol. The molecule has 3 aromatic rings. The van der Waals surface area contributed by atoms with Gasteiger partial charge in [-0.3, -0.25) is 14.4 Å². The van der Waals surface area contributed by atoms with Gasteiger partial charge in [0.05, 0.1) is 12.1 Å². The molecule has 35 heavy (non-hydrogen) atoms. The van der Waals surface area contributed by atoms with Gasteiger partial charge in [-0.15, -0.1) is 0 Å². The molecular weight excluding hydrogens is 557 g/mol. The van der Waals surface area contributed by atoms with Gasteiger partial charge in [-0.05, 0) is 82.1 Å². The zero-order chi connectivity index (χ0) is 25.4. The van der Waals surface area contributed by atoms with Crippen molar-refractivity contribution >= 4 is 51.7 Å². The molecule has 182 valence electrons. The van der Waals surface area contributed by atoms with Crippen molar-refractivity contribution in [2.75, 3.05) is 23.8 Å². The molecule has 0 saturated heterocycles. The Hall–Kier alpha value is -3.40. The normalized spacial score (nSPS) is 10.9. The summed E-state index contributed by atoms with van der Waals surface area (Å²) in [5.41, 5.74) is 2.72. The molecule has 3 aromatic carbocycles. The minimum atomic E-state index is -0.475. The van der Waals surface area contributed by atoms with Crippen LogP contribution in [0.5, 0.6) is 5.75 Å². The third kappa shape index (κ3) is 8.10. The van der Waals surface area contributed by atoms with E-state index in [0.29, 0.717) is 11.4 Å². The van der Waals surface area contributed by atoms with Crippen LogP contribution in [-0.2, 0) is 15.0 Å². The van der Waals surface area contributed by atoms with Gasteiger partial charge in [-0.1, -0.05) is 45.0 Å². The molecule has 0 bridgehead atoms. The van der Waals surface area contributed by atoms with Crippen LogP contribution in [0.25, 0.3) is 0 Å². The van der Waals surface area contributed by atoms with E-state index in [1.165, 1.54) is 0 Å². The van der Waals surface area contributed by atoms with E-state index >= 15 is 0 Å². The van der Waals surface area contributed by atoms with E-state index in [9.17, 15) is 14.4 Å². The minimum absolute atomic E-state index is 0.0209. The highest BCUT2D eigenvalue weighted by atomic mass is 127. The van der Waals surface area contributed by atoms with Crippen LogP contribution >= 0.6 is 22.6 Å². The van der Waals surface area contributed by atoms with Gasteiger partial charge < -0.3 is 20.7 Å². The summed E-state index contributed by atoms with van der Waals surface area (Å²) in [4.78, 5) is 37.2. The summed E-state index contributed by atoms with van der Waals surface area (Å²) in [6, 6.07) is 21.5. The van der Waals surface area contributed by atoms with Crippen molar-refractivity contribution < 1.29 is 19.1 Å². The van der Waals surface area contributed by atoms with E-state index in [2.05, 4.69) is 59.3 Å². The molecule has 7 nitrogen and oxygen atoms in total. The lowest BCUT2D eigenvalue weighted by atomic mass is 9.87. The van der Waals surface area contributed by atoms with Gasteiger partial charge in [0.25, 0.3) is 11.8 Å². The number of nitrogens with one attached hydrogen (secondary N) is 3. The largest absolute Gasteiger partial charge is 0.483 e. The van der Waals surface area contributed by atoms with E-state index < -0.39 is 5.91 Å². The molecule has 0 fully saturated rings. The first-order valence-corrected chi connectivity index (χ1v) is 12.2. The number of ether oxygens (including phenoxy) is 1. The van der Waals surface area contributed by atoms with E-state index in [0.717, 1.165) is 9.13 Å². The summed E-state index contributed by atoms with van der Waals surface area (Å²) in [6.07, 6.45) is 0. The van der Waals surface area contributed by atoms with Crippen LogP contribution in [0.1, 0.15) is 36.7 Å². The topological polar surface area (TPSA) is 96.5 Å². The fourth-order valence-electron chi connectivity index (χ4n) is 3.17. The van der Waals surface area contributed by atoms with Gasteiger partial charge in [-0.25, -0.2) is 0 Å². The molecule has 0 aliphatic rings. The smallest absolute Gasteiger partial charge is 0.262 e. The molecule has 0 aromatic heterocycles. The Morgan fingerprint density at radius 2 is 1.37 bits per heavy atom. The molecule has 0 aliphatic heterocycles. The summed E-state index contributed by atoms with van der Waals surface area (Å²) in [6.45, 7) is 5.89. The Balaban J connectivity index is 1.52. The number of halogens is 1. The highest BCUT2D eigenvalue weighted by molar-refractivity contribution is 14.1. The highest BCUT2D eigenvalue weighted by Crippen LogP contribution is 2.23. The molecule has 0 aliphatic carbocycles. The molecular formula is C27H28IN3O4. The van der Waals surface area contributed by atoms with E-state index in [1.807, 2.05) is 36.4 Å². The number of hydrogen-bond acceptors (Lipinski definition) is 4. The molecule has 0 saturated carbocycles. The van der Waals surface area contributed by atoms with Gasteiger partial charge in [0.2, 0.25) is 5.91 Å². The van der Waals surface area contributed by atoms with Crippen molar-refractivity contribution in [2.24, 2.45) is 0 Å². The van der Waals surface area contributed by atoms with Gasteiger partial charge in [0.15, 0.2) is 6.61 Å². The number of amides is 3. The second kappa shape index (κ2) is 11.8. The van der Waals surface area contributed by atoms with Crippen LogP contribution in [-0.4, -0.2) is 30.9 Å². The first-order chi connectivity index (χ1) is 16.6. The number of hydrogen-bond donors (Lipinski definition) is 3. The maximum absolute atomic E-state index is 12.7. The molecule has 3 N–H and O–H groups in total. The SMILES string of the molecule is CC(C)(C)c1ccc(NC(=O)CNC(=O)c2ccccc2OCC(=O)Nc2ccc(I)cc2)cc1. The molecule has 0 heterocycles. The number of carbonyl (C=O) groups is 3. The van der Waals surface area contributed by atoms with E-state index in [-0.39, 0.29) is 41.7 Å². The first-order valence-electron chi connectivity index (χ1n) is 11.1. The Morgan fingerprint density at radius 1 is 0.800 bits per heavy atom. The summed E-state index contributed by atoms with van der Waals surface area (Å²) in [7, 11) is 0. The fourth-order valence-corrected chi connectivity index (χ4v) is 3.53. The fraction of sp³-hybridized carbons (Fsp3) is 0.222. The number of para-hydroxylation sites is 1. The summed E-state index contributed by atoms with van der Waals surface area (Å²) in [5, 5.41) is 8.11. The second-order valence-electron chi connectivity index (χ2n) is 8.90. The molecule has 0 spiro atoms. The van der Waals surface area contributed by atoms with Crippen molar-refractivity contribution in [3.8, 4) is 5.75 Å². The minimum Gasteiger partial charge on any atom is -0.483 e. The Morgan fingerprint density at radius 3 is 2.00 bits per heavy atom. The van der Waals surface area contributed by atoms with Crippen LogP contribution in [0.4, 0.5) is 11.4 Å².